The van der Waals surface area contributed by atoms with E-state index in [9.17, 15) is 9.70 Å². The highest BCUT2D eigenvalue weighted by molar-refractivity contribution is 6.46. The number of fused-ring (bicyclic) bond motifs is 1. The zero-order valence-electron chi connectivity index (χ0n) is 11.9. The van der Waals surface area contributed by atoms with Crippen molar-refractivity contribution in [3.05, 3.63) is 45.6 Å². The molecule has 3 rings (SSSR count). The maximum Gasteiger partial charge on any atom is 0.344 e. The van der Waals surface area contributed by atoms with E-state index in [0.29, 0.717) is 17.8 Å². The number of carbonyl (C=O) groups is 1. The van der Waals surface area contributed by atoms with E-state index in [1.807, 2.05) is 4.90 Å². The Bertz CT molecular complexity index is 642. The first-order valence-electron chi connectivity index (χ1n) is 7.04. The molecule has 5 nitrogen and oxygen atoms in total. The van der Waals surface area contributed by atoms with Crippen LogP contribution < -0.4 is 0 Å². The zero-order chi connectivity index (χ0) is 15.0. The predicted molar refractivity (Wildman–Crippen MR) is 80.6 cm³/mol. The van der Waals surface area contributed by atoms with Gasteiger partial charge >= 0.3 is 5.82 Å². The molecular weight excluding hydrogens is 290 g/mol. The molecule has 0 aromatic heterocycles. The molecule has 1 aromatic carbocycles. The van der Waals surface area contributed by atoms with Crippen LogP contribution in [0.3, 0.4) is 0 Å². The minimum Gasteiger partial charge on any atom is -0.302 e. The fraction of sp³-hybridized carbons (Fsp3) is 0.400. The van der Waals surface area contributed by atoms with Crippen molar-refractivity contribution in [2.75, 3.05) is 33.2 Å². The first-order chi connectivity index (χ1) is 10.1. The van der Waals surface area contributed by atoms with E-state index in [1.165, 1.54) is 0 Å². The summed E-state index contributed by atoms with van der Waals surface area (Å²) in [5.41, 5.74) is 0.743. The maximum absolute atomic E-state index is 12.6. The highest BCUT2D eigenvalue weighted by Gasteiger charge is 2.40. The number of nitrogens with zero attached hydrogens (tertiary/aromatic N) is 3. The smallest absolute Gasteiger partial charge is 0.302 e. The van der Waals surface area contributed by atoms with Crippen LogP contribution in [0.4, 0.5) is 5.69 Å². The summed E-state index contributed by atoms with van der Waals surface area (Å²) in [6.45, 7) is 3.24. The molecule has 0 bridgehead atoms. The molecular formula is C15H17ClN3O2+. The Morgan fingerprint density at radius 2 is 1.90 bits per heavy atom. The van der Waals surface area contributed by atoms with E-state index in [-0.39, 0.29) is 16.6 Å². The molecule has 21 heavy (non-hydrogen) atoms. The van der Waals surface area contributed by atoms with Gasteiger partial charge in [-0.1, -0.05) is 28.6 Å². The van der Waals surface area contributed by atoms with Gasteiger partial charge in [0.05, 0.1) is 18.7 Å². The van der Waals surface area contributed by atoms with Gasteiger partial charge in [-0.15, -0.1) is 0 Å². The Morgan fingerprint density at radius 3 is 2.71 bits per heavy atom. The maximum atomic E-state index is 12.6. The number of carbonyl (C=O) groups excluding carboxylic acids is 1. The van der Waals surface area contributed by atoms with Crippen LogP contribution in [0.1, 0.15) is 16.8 Å². The van der Waals surface area contributed by atoms with E-state index < -0.39 is 0 Å². The number of hydrogen-bond donors (Lipinski definition) is 0. The Morgan fingerprint density at radius 1 is 1.14 bits per heavy atom. The fourth-order valence-corrected chi connectivity index (χ4v) is 3.09. The van der Waals surface area contributed by atoms with Crippen molar-refractivity contribution >= 4 is 23.1 Å². The molecule has 2 aliphatic heterocycles. The third-order valence-electron chi connectivity index (χ3n) is 3.97. The average molecular weight is 307 g/mol. The highest BCUT2D eigenvalue weighted by atomic mass is 35.5. The molecule has 1 saturated heterocycles. The largest absolute Gasteiger partial charge is 0.344 e. The number of nitroso groups, excluding NO2 is 1. The van der Waals surface area contributed by atoms with Gasteiger partial charge in [0.15, 0.2) is 10.7 Å². The van der Waals surface area contributed by atoms with Gasteiger partial charge in [-0.2, -0.15) is 0 Å². The van der Waals surface area contributed by atoms with Crippen LogP contribution in [-0.4, -0.2) is 53.6 Å². The normalized spacial score (nSPS) is 20.6. The summed E-state index contributed by atoms with van der Waals surface area (Å²) in [7, 11) is 2.05. The molecule has 0 saturated carbocycles. The van der Waals surface area contributed by atoms with Crippen LogP contribution in [0.25, 0.3) is 0 Å². The molecule has 6 heteroatoms. The number of ketones is 1. The van der Waals surface area contributed by atoms with Crippen molar-refractivity contribution in [3.8, 4) is 0 Å². The third-order valence-corrected chi connectivity index (χ3v) is 4.32. The number of rotatable bonds is 1. The molecule has 0 amide bonds. The second-order valence-corrected chi connectivity index (χ2v) is 5.80. The highest BCUT2D eigenvalue weighted by Crippen LogP contribution is 2.34. The second-order valence-electron chi connectivity index (χ2n) is 5.42. The van der Waals surface area contributed by atoms with Gasteiger partial charge in [0.2, 0.25) is 5.78 Å². The number of halogens is 1. The van der Waals surface area contributed by atoms with Gasteiger partial charge in [0.1, 0.15) is 0 Å². The third kappa shape index (κ3) is 2.47. The Kier molecular flexibility index (Phi) is 3.78. The predicted octanol–water partition coefficient (Wildman–Crippen LogP) is 2.34. The van der Waals surface area contributed by atoms with Crippen LogP contribution in [-0.2, 0) is 0 Å². The molecule has 1 aromatic rings. The lowest BCUT2D eigenvalue weighted by atomic mass is 10.0. The summed E-state index contributed by atoms with van der Waals surface area (Å²) in [5.74, 6) is 0.0163. The quantitative estimate of drug-likeness (QED) is 0.747. The Labute approximate surface area is 128 Å². The fourth-order valence-electron chi connectivity index (χ4n) is 2.79. The number of allylic oxidation sites excluding steroid dienone is 1. The molecule has 0 aliphatic carbocycles. The molecule has 110 valence electrons. The van der Waals surface area contributed by atoms with Crippen LogP contribution >= 0.6 is 11.6 Å². The first kappa shape index (κ1) is 14.2. The number of Topliss-reactive ketones (excluding diaryl/α,β-unsaturated/α-hetero) is 1. The van der Waals surface area contributed by atoms with Crippen molar-refractivity contribution in [2.45, 2.75) is 6.42 Å². The molecule has 0 N–H and O–H groups in total. The van der Waals surface area contributed by atoms with Crippen molar-refractivity contribution in [1.29, 1.82) is 0 Å². The van der Waals surface area contributed by atoms with Gasteiger partial charge in [-0.25, -0.2) is 0 Å². The lowest BCUT2D eigenvalue weighted by Gasteiger charge is -2.21. The van der Waals surface area contributed by atoms with Crippen molar-refractivity contribution in [2.24, 2.45) is 0 Å². The number of benzene rings is 1. The summed E-state index contributed by atoms with van der Waals surface area (Å²) in [6.07, 6.45) is 0.938. The van der Waals surface area contributed by atoms with Crippen LogP contribution in [0, 0.1) is 4.91 Å². The lowest BCUT2D eigenvalue weighted by molar-refractivity contribution is -0.431. The molecule has 0 radical (unpaired) electrons. The number of likely N-dealkylation sites (N-methyl/N-ethyl adjacent to an activating group) is 1. The van der Waals surface area contributed by atoms with E-state index in [1.54, 1.807) is 24.3 Å². The van der Waals surface area contributed by atoms with Crippen molar-refractivity contribution in [3.63, 3.8) is 0 Å². The van der Waals surface area contributed by atoms with Crippen LogP contribution in [0.2, 0.25) is 0 Å². The summed E-state index contributed by atoms with van der Waals surface area (Å²) < 4.78 is 0.796. The molecule has 2 heterocycles. The monoisotopic (exact) mass is 306 g/mol. The SMILES string of the molecule is CN1CCCN(C2=C(Cl)C(=O)c3ccccc3[N+]2=O)CC1. The first-order valence-corrected chi connectivity index (χ1v) is 7.41. The number of para-hydroxylation sites is 1. The standard InChI is InChI=1S/C15H17ClN3O2/c1-17-7-4-8-18(10-9-17)15-13(16)14(20)11-5-2-3-6-12(11)19(15)21/h2-3,5-6H,4,7-10H2,1H3/q+1. The summed E-state index contributed by atoms with van der Waals surface area (Å²) in [4.78, 5) is 29.1. The summed E-state index contributed by atoms with van der Waals surface area (Å²) >= 11 is 6.21. The van der Waals surface area contributed by atoms with Crippen molar-refractivity contribution in [1.82, 2.24) is 9.80 Å². The topological polar surface area (TPSA) is 43.6 Å². The van der Waals surface area contributed by atoms with Crippen LogP contribution in [0.15, 0.2) is 35.1 Å². The van der Waals surface area contributed by atoms with Gasteiger partial charge < -0.3 is 4.90 Å². The van der Waals surface area contributed by atoms with Crippen molar-refractivity contribution < 1.29 is 9.55 Å². The van der Waals surface area contributed by atoms with E-state index in [0.717, 1.165) is 30.8 Å². The second kappa shape index (κ2) is 5.58. The summed E-state index contributed by atoms with van der Waals surface area (Å²) in [6, 6.07) is 6.79. The minimum atomic E-state index is -0.271. The zero-order valence-corrected chi connectivity index (χ0v) is 12.6. The molecule has 0 spiro atoms. The van der Waals surface area contributed by atoms with Gasteiger partial charge in [0.25, 0.3) is 0 Å². The van der Waals surface area contributed by atoms with E-state index >= 15 is 0 Å². The summed E-state index contributed by atoms with van der Waals surface area (Å²) in [5, 5.41) is 0.0215. The van der Waals surface area contributed by atoms with Gasteiger partial charge in [-0.3, -0.25) is 9.69 Å². The molecule has 0 unspecified atom stereocenters. The minimum absolute atomic E-state index is 0.0215. The molecule has 2 aliphatic rings. The van der Waals surface area contributed by atoms with E-state index in [2.05, 4.69) is 11.9 Å². The van der Waals surface area contributed by atoms with Gasteiger partial charge in [-0.05, 0) is 25.6 Å². The Balaban J connectivity index is 2.00. The Hall–Kier alpha value is -1.72. The average Bonchev–Trinajstić information content (AvgIpc) is 2.70. The molecule has 0 atom stereocenters. The molecule has 1 fully saturated rings. The van der Waals surface area contributed by atoms with Crippen LogP contribution in [0.5, 0.6) is 0 Å². The number of hydrogen-bond acceptors (Lipinski definition) is 4. The van der Waals surface area contributed by atoms with E-state index in [4.69, 9.17) is 11.6 Å². The van der Waals surface area contributed by atoms with Gasteiger partial charge in [0, 0.05) is 17.8 Å². The lowest BCUT2D eigenvalue weighted by Crippen LogP contribution is -2.35.